The quantitative estimate of drug-likeness (QED) is 0.731. The first-order chi connectivity index (χ1) is 12.0. The molecule has 134 valence electrons. The normalized spacial score (nSPS) is 10.5. The minimum Gasteiger partial charge on any atom is -0.342 e. The number of aromatic nitrogens is 3. The van der Waals surface area contributed by atoms with Crippen molar-refractivity contribution in [2.75, 3.05) is 24.7 Å². The number of rotatable bonds is 8. The van der Waals surface area contributed by atoms with Gasteiger partial charge in [0.2, 0.25) is 5.91 Å². The van der Waals surface area contributed by atoms with Crippen molar-refractivity contribution in [3.63, 3.8) is 0 Å². The SMILES string of the molecule is CCCCN(C)C(=O)c1cccc(NC(=O)CSc2nncn2C)c1. The van der Waals surface area contributed by atoms with Crippen LogP contribution in [0.5, 0.6) is 0 Å². The van der Waals surface area contributed by atoms with Crippen LogP contribution in [0.3, 0.4) is 0 Å². The third-order valence-corrected chi connectivity index (χ3v) is 4.62. The third-order valence-electron chi connectivity index (χ3n) is 3.59. The predicted molar refractivity (Wildman–Crippen MR) is 98.7 cm³/mol. The summed E-state index contributed by atoms with van der Waals surface area (Å²) >= 11 is 1.31. The summed E-state index contributed by atoms with van der Waals surface area (Å²) in [6.07, 6.45) is 3.60. The zero-order valence-electron chi connectivity index (χ0n) is 14.7. The molecule has 0 bridgehead atoms. The Kier molecular flexibility index (Phi) is 7.00. The molecule has 1 aromatic carbocycles. The van der Waals surface area contributed by atoms with Crippen molar-refractivity contribution in [3.05, 3.63) is 36.2 Å². The van der Waals surface area contributed by atoms with Gasteiger partial charge in [-0.15, -0.1) is 10.2 Å². The molecule has 0 atom stereocenters. The van der Waals surface area contributed by atoms with Crippen LogP contribution in [-0.2, 0) is 11.8 Å². The molecule has 1 aromatic heterocycles. The lowest BCUT2D eigenvalue weighted by Gasteiger charge is -2.17. The number of carbonyl (C=O) groups is 2. The van der Waals surface area contributed by atoms with E-state index in [1.165, 1.54) is 11.8 Å². The molecule has 8 heteroatoms. The van der Waals surface area contributed by atoms with Gasteiger partial charge < -0.3 is 14.8 Å². The van der Waals surface area contributed by atoms with Crippen LogP contribution in [0.15, 0.2) is 35.7 Å². The molecule has 7 nitrogen and oxygen atoms in total. The summed E-state index contributed by atoms with van der Waals surface area (Å²) in [4.78, 5) is 26.2. The topological polar surface area (TPSA) is 80.1 Å². The average molecular weight is 361 g/mol. The van der Waals surface area contributed by atoms with Crippen molar-refractivity contribution < 1.29 is 9.59 Å². The first-order valence-corrected chi connectivity index (χ1v) is 9.12. The van der Waals surface area contributed by atoms with Crippen molar-refractivity contribution in [1.29, 1.82) is 0 Å². The van der Waals surface area contributed by atoms with Crippen LogP contribution in [0.25, 0.3) is 0 Å². The van der Waals surface area contributed by atoms with Crippen LogP contribution in [0.2, 0.25) is 0 Å². The van der Waals surface area contributed by atoms with Gasteiger partial charge in [-0.3, -0.25) is 9.59 Å². The molecule has 0 aliphatic rings. The number of benzene rings is 1. The zero-order chi connectivity index (χ0) is 18.2. The molecule has 0 saturated carbocycles. The van der Waals surface area contributed by atoms with Crippen LogP contribution >= 0.6 is 11.8 Å². The molecule has 2 amide bonds. The van der Waals surface area contributed by atoms with E-state index in [0.29, 0.717) is 16.4 Å². The summed E-state index contributed by atoms with van der Waals surface area (Å²) in [7, 11) is 3.62. The Hall–Kier alpha value is -2.35. The molecular weight excluding hydrogens is 338 g/mol. The van der Waals surface area contributed by atoms with Gasteiger partial charge in [-0.25, -0.2) is 0 Å². The molecular formula is C17H23N5O2S. The van der Waals surface area contributed by atoms with E-state index in [4.69, 9.17) is 0 Å². The van der Waals surface area contributed by atoms with Gasteiger partial charge in [0.1, 0.15) is 6.33 Å². The first kappa shape index (κ1) is 19.0. The highest BCUT2D eigenvalue weighted by Crippen LogP contribution is 2.16. The van der Waals surface area contributed by atoms with E-state index >= 15 is 0 Å². The fourth-order valence-electron chi connectivity index (χ4n) is 2.18. The summed E-state index contributed by atoms with van der Waals surface area (Å²) in [5, 5.41) is 11.2. The van der Waals surface area contributed by atoms with Crippen LogP contribution in [-0.4, -0.2) is 50.8 Å². The molecule has 0 unspecified atom stereocenters. The number of thioether (sulfide) groups is 1. The molecule has 0 aliphatic carbocycles. The molecule has 0 fully saturated rings. The first-order valence-electron chi connectivity index (χ1n) is 8.13. The second-order valence-corrected chi connectivity index (χ2v) is 6.66. The lowest BCUT2D eigenvalue weighted by molar-refractivity contribution is -0.113. The number of nitrogens with one attached hydrogen (secondary N) is 1. The number of amides is 2. The monoisotopic (exact) mass is 361 g/mol. The largest absolute Gasteiger partial charge is 0.342 e. The minimum atomic E-state index is -0.156. The predicted octanol–water partition coefficient (Wildman–Crippen LogP) is 2.42. The lowest BCUT2D eigenvalue weighted by atomic mass is 10.1. The van der Waals surface area contributed by atoms with E-state index in [-0.39, 0.29) is 17.6 Å². The van der Waals surface area contributed by atoms with Gasteiger partial charge >= 0.3 is 0 Å². The second-order valence-electron chi connectivity index (χ2n) is 5.72. The Morgan fingerprint density at radius 1 is 1.36 bits per heavy atom. The standard InChI is InChI=1S/C17H23N5O2S/c1-4-5-9-21(2)16(24)13-7-6-8-14(10-13)19-15(23)11-25-17-20-18-12-22(17)3/h6-8,10,12H,4-5,9,11H2,1-3H3,(H,19,23). The lowest BCUT2D eigenvalue weighted by Crippen LogP contribution is -2.27. The van der Waals surface area contributed by atoms with E-state index < -0.39 is 0 Å². The maximum atomic E-state index is 12.4. The van der Waals surface area contributed by atoms with E-state index in [2.05, 4.69) is 22.4 Å². The van der Waals surface area contributed by atoms with Crippen molar-refractivity contribution in [3.8, 4) is 0 Å². The Bertz CT molecular complexity index is 731. The number of hydrogen-bond acceptors (Lipinski definition) is 5. The van der Waals surface area contributed by atoms with Gasteiger partial charge in [0, 0.05) is 31.9 Å². The smallest absolute Gasteiger partial charge is 0.253 e. The summed E-state index contributed by atoms with van der Waals surface area (Å²) in [5.74, 6) is 0.0242. The third kappa shape index (κ3) is 5.60. The number of carbonyl (C=O) groups excluding carboxylic acids is 2. The molecule has 2 rings (SSSR count). The Labute approximate surface area is 151 Å². The Morgan fingerprint density at radius 3 is 2.84 bits per heavy atom. The second kappa shape index (κ2) is 9.22. The van der Waals surface area contributed by atoms with E-state index in [0.717, 1.165) is 19.4 Å². The van der Waals surface area contributed by atoms with Crippen LogP contribution < -0.4 is 5.32 Å². The number of hydrogen-bond donors (Lipinski definition) is 1. The maximum Gasteiger partial charge on any atom is 0.253 e. The molecule has 25 heavy (non-hydrogen) atoms. The summed E-state index contributed by atoms with van der Waals surface area (Å²) in [5.41, 5.74) is 1.18. The molecule has 0 saturated heterocycles. The van der Waals surface area contributed by atoms with Crippen molar-refractivity contribution >= 4 is 29.3 Å². The zero-order valence-corrected chi connectivity index (χ0v) is 15.5. The van der Waals surface area contributed by atoms with Gasteiger partial charge in [0.05, 0.1) is 5.75 Å². The summed E-state index contributed by atoms with van der Waals surface area (Å²) in [6, 6.07) is 7.00. The van der Waals surface area contributed by atoms with Crippen molar-refractivity contribution in [2.24, 2.45) is 7.05 Å². The van der Waals surface area contributed by atoms with Crippen molar-refractivity contribution in [1.82, 2.24) is 19.7 Å². The summed E-state index contributed by atoms with van der Waals surface area (Å²) < 4.78 is 1.75. The highest BCUT2D eigenvalue weighted by atomic mass is 32.2. The Balaban J connectivity index is 1.93. The molecule has 0 radical (unpaired) electrons. The fraction of sp³-hybridized carbons (Fsp3) is 0.412. The highest BCUT2D eigenvalue weighted by molar-refractivity contribution is 7.99. The molecule has 1 heterocycles. The summed E-state index contributed by atoms with van der Waals surface area (Å²) in [6.45, 7) is 2.81. The van der Waals surface area contributed by atoms with Crippen LogP contribution in [0.4, 0.5) is 5.69 Å². The van der Waals surface area contributed by atoms with E-state index in [9.17, 15) is 9.59 Å². The number of unbranched alkanes of at least 4 members (excludes halogenated alkanes) is 1. The highest BCUT2D eigenvalue weighted by Gasteiger charge is 2.13. The van der Waals surface area contributed by atoms with Crippen molar-refractivity contribution in [2.45, 2.75) is 24.9 Å². The fourth-order valence-corrected chi connectivity index (χ4v) is 2.87. The number of nitrogens with zero attached hydrogens (tertiary/aromatic N) is 4. The van der Waals surface area contributed by atoms with Gasteiger partial charge in [0.15, 0.2) is 5.16 Å². The average Bonchev–Trinajstić information content (AvgIpc) is 3.02. The van der Waals surface area contributed by atoms with Crippen LogP contribution in [0.1, 0.15) is 30.1 Å². The minimum absolute atomic E-state index is 0.0435. The molecule has 2 aromatic rings. The molecule has 0 spiro atoms. The van der Waals surface area contributed by atoms with E-state index in [1.807, 2.05) is 7.05 Å². The Morgan fingerprint density at radius 2 is 2.16 bits per heavy atom. The van der Waals surface area contributed by atoms with Gasteiger partial charge in [-0.2, -0.15) is 0 Å². The van der Waals surface area contributed by atoms with Crippen LogP contribution in [0, 0.1) is 0 Å². The van der Waals surface area contributed by atoms with Gasteiger partial charge in [-0.1, -0.05) is 31.2 Å². The molecule has 0 aliphatic heterocycles. The number of anilines is 1. The number of aryl methyl sites for hydroxylation is 1. The molecule has 1 N–H and O–H groups in total. The van der Waals surface area contributed by atoms with E-state index in [1.54, 1.807) is 47.1 Å². The maximum absolute atomic E-state index is 12.4. The van der Waals surface area contributed by atoms with Gasteiger partial charge in [-0.05, 0) is 24.6 Å². The van der Waals surface area contributed by atoms with Gasteiger partial charge in [0.25, 0.3) is 5.91 Å².